The molecule has 0 aliphatic rings. The van der Waals surface area contributed by atoms with Crippen molar-refractivity contribution < 1.29 is 22.6 Å². The van der Waals surface area contributed by atoms with E-state index in [1.54, 1.807) is 0 Å². The SMILES string of the molecule is FC(F)(F)c1ccc(COc2ccc(CNc3nsc4ccc(OCc5ccccc5)cc34)cc2)cc1. The van der Waals surface area contributed by atoms with Gasteiger partial charge in [0.15, 0.2) is 0 Å². The second-order valence-electron chi connectivity index (χ2n) is 8.44. The van der Waals surface area contributed by atoms with Crippen molar-refractivity contribution in [2.75, 3.05) is 5.32 Å². The molecule has 0 aliphatic carbocycles. The summed E-state index contributed by atoms with van der Waals surface area (Å²) in [6.07, 6.45) is -4.34. The van der Waals surface area contributed by atoms with Gasteiger partial charge >= 0.3 is 6.18 Å². The van der Waals surface area contributed by atoms with E-state index in [9.17, 15) is 13.2 Å². The Morgan fingerprint density at radius 3 is 2.03 bits per heavy atom. The molecule has 1 heterocycles. The van der Waals surface area contributed by atoms with Gasteiger partial charge in [-0.1, -0.05) is 54.6 Å². The number of benzene rings is 4. The summed E-state index contributed by atoms with van der Waals surface area (Å²) in [6, 6.07) is 28.5. The minimum absolute atomic E-state index is 0.190. The van der Waals surface area contributed by atoms with E-state index in [0.29, 0.717) is 24.5 Å². The van der Waals surface area contributed by atoms with Crippen LogP contribution < -0.4 is 14.8 Å². The van der Waals surface area contributed by atoms with Gasteiger partial charge in [0.1, 0.15) is 30.5 Å². The van der Waals surface area contributed by atoms with Gasteiger partial charge in [-0.3, -0.25) is 0 Å². The Balaban J connectivity index is 1.16. The Morgan fingerprint density at radius 1 is 0.703 bits per heavy atom. The maximum Gasteiger partial charge on any atom is 0.416 e. The molecule has 0 amide bonds. The average molecular weight is 521 g/mol. The number of hydrogen-bond acceptors (Lipinski definition) is 5. The zero-order valence-corrected chi connectivity index (χ0v) is 20.5. The highest BCUT2D eigenvalue weighted by Crippen LogP contribution is 2.31. The molecule has 8 heteroatoms. The highest BCUT2D eigenvalue weighted by molar-refractivity contribution is 7.13. The molecule has 0 spiro atoms. The number of ether oxygens (including phenoxy) is 2. The first kappa shape index (κ1) is 24.6. The normalized spacial score (nSPS) is 11.4. The van der Waals surface area contributed by atoms with Crippen molar-refractivity contribution in [1.29, 1.82) is 0 Å². The monoisotopic (exact) mass is 520 g/mol. The van der Waals surface area contributed by atoms with Gasteiger partial charge in [0.25, 0.3) is 0 Å². The molecule has 188 valence electrons. The lowest BCUT2D eigenvalue weighted by Gasteiger charge is -2.10. The van der Waals surface area contributed by atoms with Crippen LogP contribution in [0.4, 0.5) is 19.0 Å². The number of nitrogens with one attached hydrogen (secondary N) is 1. The number of rotatable bonds is 9. The Labute approximate surface area is 216 Å². The highest BCUT2D eigenvalue weighted by Gasteiger charge is 2.29. The van der Waals surface area contributed by atoms with Crippen LogP contribution in [-0.4, -0.2) is 4.37 Å². The van der Waals surface area contributed by atoms with Crippen molar-refractivity contribution in [3.63, 3.8) is 0 Å². The van der Waals surface area contributed by atoms with Gasteiger partial charge < -0.3 is 14.8 Å². The first-order chi connectivity index (χ1) is 17.9. The molecule has 0 aliphatic heterocycles. The number of alkyl halides is 3. The van der Waals surface area contributed by atoms with E-state index in [0.717, 1.165) is 44.9 Å². The summed E-state index contributed by atoms with van der Waals surface area (Å²) in [4.78, 5) is 0. The number of nitrogens with zero attached hydrogens (tertiary/aromatic N) is 1. The minimum Gasteiger partial charge on any atom is -0.489 e. The maximum absolute atomic E-state index is 12.7. The molecule has 37 heavy (non-hydrogen) atoms. The first-order valence-electron chi connectivity index (χ1n) is 11.6. The van der Waals surface area contributed by atoms with Crippen LogP contribution in [0.3, 0.4) is 0 Å². The van der Waals surface area contributed by atoms with E-state index in [1.165, 1.54) is 23.7 Å². The third-order valence-corrected chi connectivity index (χ3v) is 6.59. The number of hydrogen-bond donors (Lipinski definition) is 1. The van der Waals surface area contributed by atoms with Crippen LogP contribution in [-0.2, 0) is 25.9 Å². The second kappa shape index (κ2) is 10.9. The Hall–Kier alpha value is -4.04. The fourth-order valence-corrected chi connectivity index (χ4v) is 4.46. The molecule has 0 unspecified atom stereocenters. The Kier molecular flexibility index (Phi) is 7.28. The molecule has 5 aromatic rings. The van der Waals surface area contributed by atoms with E-state index < -0.39 is 11.7 Å². The minimum atomic E-state index is -4.34. The van der Waals surface area contributed by atoms with Gasteiger partial charge in [-0.05, 0) is 70.7 Å². The third kappa shape index (κ3) is 6.40. The van der Waals surface area contributed by atoms with Crippen molar-refractivity contribution in [2.24, 2.45) is 0 Å². The van der Waals surface area contributed by atoms with E-state index in [2.05, 4.69) is 9.69 Å². The lowest BCUT2D eigenvalue weighted by molar-refractivity contribution is -0.137. The average Bonchev–Trinajstić information content (AvgIpc) is 3.33. The molecular weight excluding hydrogens is 497 g/mol. The molecule has 0 radical (unpaired) electrons. The van der Waals surface area contributed by atoms with Gasteiger partial charge in [-0.2, -0.15) is 17.5 Å². The van der Waals surface area contributed by atoms with Gasteiger partial charge in [0.2, 0.25) is 0 Å². The van der Waals surface area contributed by atoms with E-state index in [-0.39, 0.29) is 6.61 Å². The zero-order valence-electron chi connectivity index (χ0n) is 19.7. The first-order valence-corrected chi connectivity index (χ1v) is 12.4. The quantitative estimate of drug-likeness (QED) is 0.213. The lowest BCUT2D eigenvalue weighted by Crippen LogP contribution is -2.05. The van der Waals surface area contributed by atoms with Crippen LogP contribution in [0.25, 0.3) is 10.1 Å². The molecule has 1 N–H and O–H groups in total. The van der Waals surface area contributed by atoms with Crippen LogP contribution in [0.1, 0.15) is 22.3 Å². The van der Waals surface area contributed by atoms with Gasteiger partial charge in [0.05, 0.1) is 10.3 Å². The van der Waals surface area contributed by atoms with Crippen LogP contribution in [0.15, 0.2) is 97.1 Å². The Bertz CT molecular complexity index is 1450. The van der Waals surface area contributed by atoms with Gasteiger partial charge in [-0.15, -0.1) is 0 Å². The standard InChI is InChI=1S/C29H23F3N2O2S/c30-29(31,32)23-10-6-22(7-11-23)19-35-24-12-8-20(9-13-24)17-33-28-26-16-25(14-15-27(26)37-34-28)36-18-21-4-2-1-3-5-21/h1-16H,17-19H2,(H,33,34). The smallest absolute Gasteiger partial charge is 0.416 e. The molecule has 5 rings (SSSR count). The molecule has 1 aromatic heterocycles. The number of anilines is 1. The number of aromatic nitrogens is 1. The van der Waals surface area contributed by atoms with Crippen LogP contribution in [0, 0.1) is 0 Å². The number of halogens is 3. The zero-order chi connectivity index (χ0) is 25.7. The Morgan fingerprint density at radius 2 is 1.32 bits per heavy atom. The fourth-order valence-electron chi connectivity index (χ4n) is 3.72. The van der Waals surface area contributed by atoms with Gasteiger partial charge in [-0.25, -0.2) is 0 Å². The van der Waals surface area contributed by atoms with E-state index >= 15 is 0 Å². The van der Waals surface area contributed by atoms with Crippen molar-refractivity contribution >= 4 is 27.4 Å². The molecule has 4 nitrogen and oxygen atoms in total. The predicted molar refractivity (Wildman–Crippen MR) is 140 cm³/mol. The summed E-state index contributed by atoms with van der Waals surface area (Å²) >= 11 is 1.43. The van der Waals surface area contributed by atoms with Crippen molar-refractivity contribution in [3.05, 3.63) is 119 Å². The van der Waals surface area contributed by atoms with Crippen LogP contribution >= 0.6 is 11.5 Å². The largest absolute Gasteiger partial charge is 0.489 e. The van der Waals surface area contributed by atoms with Gasteiger partial charge in [0, 0.05) is 11.9 Å². The highest BCUT2D eigenvalue weighted by atomic mass is 32.1. The summed E-state index contributed by atoms with van der Waals surface area (Å²) in [6.45, 7) is 1.27. The summed E-state index contributed by atoms with van der Waals surface area (Å²) in [5.41, 5.74) is 2.15. The molecule has 0 saturated heterocycles. The summed E-state index contributed by atoms with van der Waals surface area (Å²) in [7, 11) is 0. The molecule has 0 saturated carbocycles. The summed E-state index contributed by atoms with van der Waals surface area (Å²) < 4.78 is 55.4. The molecule has 0 fully saturated rings. The topological polar surface area (TPSA) is 43.4 Å². The van der Waals surface area contributed by atoms with Crippen LogP contribution in [0.5, 0.6) is 11.5 Å². The predicted octanol–water partition coefficient (Wildman–Crippen LogP) is 8.09. The fraction of sp³-hybridized carbons (Fsp3) is 0.138. The maximum atomic E-state index is 12.7. The van der Waals surface area contributed by atoms with Crippen molar-refractivity contribution in [2.45, 2.75) is 25.9 Å². The van der Waals surface area contributed by atoms with Crippen molar-refractivity contribution in [3.8, 4) is 11.5 Å². The van der Waals surface area contributed by atoms with E-state index in [4.69, 9.17) is 9.47 Å². The lowest BCUT2D eigenvalue weighted by atomic mass is 10.1. The summed E-state index contributed by atoms with van der Waals surface area (Å²) in [5.74, 6) is 2.23. The van der Waals surface area contributed by atoms with Crippen molar-refractivity contribution in [1.82, 2.24) is 4.37 Å². The van der Waals surface area contributed by atoms with Crippen LogP contribution in [0.2, 0.25) is 0 Å². The third-order valence-electron chi connectivity index (χ3n) is 5.76. The summed E-state index contributed by atoms with van der Waals surface area (Å²) in [5, 5.41) is 4.40. The van der Waals surface area contributed by atoms with E-state index in [1.807, 2.05) is 72.8 Å². The molecule has 4 aromatic carbocycles. The second-order valence-corrected chi connectivity index (χ2v) is 9.25. The molecular formula is C29H23F3N2O2S. The molecule has 0 atom stereocenters. The molecule has 0 bridgehead atoms. The number of fused-ring (bicyclic) bond motifs is 1.